The fraction of sp³-hybridized carbons (Fsp3) is 0.500. The number of aliphatic hydroxyl groups excluding tert-OH is 1. The van der Waals surface area contributed by atoms with E-state index in [9.17, 15) is 5.11 Å². The molecule has 0 radical (unpaired) electrons. The van der Waals surface area contributed by atoms with Gasteiger partial charge in [0.05, 0.1) is 19.3 Å². The van der Waals surface area contributed by atoms with E-state index in [1.165, 1.54) is 0 Å². The topological polar surface area (TPSA) is 38.7 Å². The minimum atomic E-state index is -0.485. The Morgan fingerprint density at radius 2 is 1.70 bits per heavy atom. The number of hydrogen-bond acceptors (Lipinski definition) is 3. The summed E-state index contributed by atoms with van der Waals surface area (Å²) in [5, 5.41) is 11.4. The Bertz CT molecular complexity index is 444. The first-order chi connectivity index (χ1) is 9.67. The van der Waals surface area contributed by atoms with Crippen molar-refractivity contribution in [2.24, 2.45) is 11.8 Å². The van der Waals surface area contributed by atoms with E-state index >= 15 is 0 Å². The van der Waals surface area contributed by atoms with E-state index in [0.29, 0.717) is 18.2 Å². The molecule has 0 aromatic heterocycles. The van der Waals surface area contributed by atoms with E-state index < -0.39 is 6.10 Å². The fourth-order valence-electron chi connectivity index (χ4n) is 2.82. The van der Waals surface area contributed by atoms with E-state index in [2.05, 4.69) is 12.2 Å². The first kappa shape index (κ1) is 15.5. The van der Waals surface area contributed by atoms with Crippen LogP contribution in [0.4, 0.5) is 0 Å². The van der Waals surface area contributed by atoms with Crippen LogP contribution in [0.25, 0.3) is 0 Å². The summed E-state index contributed by atoms with van der Waals surface area (Å²) in [6.45, 7) is 1.11. The number of ether oxygens (including phenoxy) is 2. The molecule has 1 aromatic rings. The van der Waals surface area contributed by atoms with E-state index in [1.54, 1.807) is 14.2 Å². The van der Waals surface area contributed by atoms with Gasteiger partial charge < -0.3 is 14.6 Å². The Labute approximate surface area is 125 Å². The van der Waals surface area contributed by atoms with Gasteiger partial charge in [-0.1, -0.05) is 35.9 Å². The van der Waals surface area contributed by atoms with Gasteiger partial charge in [0.2, 0.25) is 0 Å². The Hall–Kier alpha value is -0.870. The molecule has 0 saturated carbocycles. The highest BCUT2D eigenvalue weighted by atomic mass is 35.5. The molecular formula is C16H21ClO3. The number of hydrogen-bond donors (Lipinski definition) is 1. The lowest BCUT2D eigenvalue weighted by molar-refractivity contribution is -0.00583. The summed E-state index contributed by atoms with van der Waals surface area (Å²) < 4.78 is 10.5. The smallest absolute Gasteiger partial charge is 0.0699 e. The van der Waals surface area contributed by atoms with Crippen molar-refractivity contribution in [3.8, 4) is 0 Å². The third-order valence-corrected chi connectivity index (χ3v) is 4.15. The molecule has 0 fully saturated rings. The fourth-order valence-corrected chi connectivity index (χ4v) is 2.94. The molecule has 4 atom stereocenters. The Kier molecular flexibility index (Phi) is 5.61. The number of halogens is 1. The highest BCUT2D eigenvalue weighted by Gasteiger charge is 2.35. The summed E-state index contributed by atoms with van der Waals surface area (Å²) in [4.78, 5) is 0. The zero-order valence-corrected chi connectivity index (χ0v) is 12.6. The maximum atomic E-state index is 10.7. The quantitative estimate of drug-likeness (QED) is 0.849. The zero-order chi connectivity index (χ0) is 14.5. The van der Waals surface area contributed by atoms with Crippen LogP contribution < -0.4 is 0 Å². The van der Waals surface area contributed by atoms with Crippen molar-refractivity contribution in [2.75, 3.05) is 27.4 Å². The average molecular weight is 297 g/mol. The van der Waals surface area contributed by atoms with Crippen LogP contribution in [0.3, 0.4) is 0 Å². The minimum Gasteiger partial charge on any atom is -0.392 e. The minimum absolute atomic E-state index is 0.0273. The van der Waals surface area contributed by atoms with Crippen molar-refractivity contribution in [1.82, 2.24) is 0 Å². The molecule has 1 N–H and O–H groups in total. The normalized spacial score (nSPS) is 29.6. The van der Waals surface area contributed by atoms with Crippen molar-refractivity contribution < 1.29 is 14.6 Å². The summed E-state index contributed by atoms with van der Waals surface area (Å²) in [7, 11) is 3.33. The zero-order valence-electron chi connectivity index (χ0n) is 11.8. The molecule has 20 heavy (non-hydrogen) atoms. The van der Waals surface area contributed by atoms with Crippen molar-refractivity contribution in [1.29, 1.82) is 0 Å². The molecule has 0 bridgehead atoms. The summed E-state index contributed by atoms with van der Waals surface area (Å²) in [5.74, 6) is 0.185. The monoisotopic (exact) mass is 296 g/mol. The average Bonchev–Trinajstić information content (AvgIpc) is 2.44. The van der Waals surface area contributed by atoms with Crippen LogP contribution in [0.2, 0.25) is 5.02 Å². The lowest BCUT2D eigenvalue weighted by atomic mass is 9.75. The molecule has 0 aliphatic heterocycles. The Balaban J connectivity index is 2.22. The van der Waals surface area contributed by atoms with Crippen LogP contribution in [0, 0.1) is 11.8 Å². The Morgan fingerprint density at radius 3 is 2.30 bits per heavy atom. The van der Waals surface area contributed by atoms with Gasteiger partial charge in [0.15, 0.2) is 0 Å². The molecule has 3 nitrogen and oxygen atoms in total. The van der Waals surface area contributed by atoms with Crippen LogP contribution >= 0.6 is 11.6 Å². The predicted octanol–water partition coefficient (Wildman–Crippen LogP) is 2.88. The second-order valence-corrected chi connectivity index (χ2v) is 5.63. The number of methoxy groups -OCH3 is 2. The van der Waals surface area contributed by atoms with E-state index in [-0.39, 0.29) is 17.8 Å². The van der Waals surface area contributed by atoms with Crippen LogP contribution in [0.15, 0.2) is 36.4 Å². The standard InChI is InChI=1S/C16H21ClO3/c1-19-9-12-5-8-14(16(18)15(12)10-20-2)11-3-6-13(17)7-4-11/h3-8,12,14-16,18H,9-10H2,1-2H3/t12-,14+,15+,16-/m1/s1. The lowest BCUT2D eigenvalue weighted by Crippen LogP contribution is -2.39. The lowest BCUT2D eigenvalue weighted by Gasteiger charge is -2.36. The van der Waals surface area contributed by atoms with Gasteiger partial charge in [-0.3, -0.25) is 0 Å². The first-order valence-corrected chi connectivity index (χ1v) is 7.15. The highest BCUT2D eigenvalue weighted by molar-refractivity contribution is 6.30. The molecule has 2 rings (SSSR count). The second-order valence-electron chi connectivity index (χ2n) is 5.19. The van der Waals surface area contributed by atoms with Gasteiger partial charge in [-0.15, -0.1) is 0 Å². The van der Waals surface area contributed by atoms with Gasteiger partial charge in [-0.25, -0.2) is 0 Å². The molecule has 1 aromatic carbocycles. The summed E-state index contributed by atoms with van der Waals surface area (Å²) in [6, 6.07) is 7.62. The molecule has 1 aliphatic rings. The third kappa shape index (κ3) is 3.41. The molecule has 0 heterocycles. The molecule has 4 heteroatoms. The summed E-state index contributed by atoms with van der Waals surface area (Å²) in [5.41, 5.74) is 1.06. The van der Waals surface area contributed by atoms with Gasteiger partial charge in [0, 0.05) is 37.0 Å². The van der Waals surface area contributed by atoms with Crippen LogP contribution in [0.5, 0.6) is 0 Å². The van der Waals surface area contributed by atoms with Crippen LogP contribution in [-0.4, -0.2) is 38.6 Å². The van der Waals surface area contributed by atoms with E-state index in [0.717, 1.165) is 5.56 Å². The summed E-state index contributed by atoms with van der Waals surface area (Å²) in [6.07, 6.45) is 3.70. The van der Waals surface area contributed by atoms with E-state index in [4.69, 9.17) is 21.1 Å². The number of benzene rings is 1. The SMILES string of the molecule is COC[C@@H]1[C@H](O)[C@H](c2ccc(Cl)cc2)C=C[C@@H]1COC. The van der Waals surface area contributed by atoms with Gasteiger partial charge in [0.1, 0.15) is 0 Å². The van der Waals surface area contributed by atoms with Gasteiger partial charge >= 0.3 is 0 Å². The molecule has 0 spiro atoms. The predicted molar refractivity (Wildman–Crippen MR) is 80.1 cm³/mol. The highest BCUT2D eigenvalue weighted by Crippen LogP contribution is 2.35. The van der Waals surface area contributed by atoms with Crippen LogP contribution in [0.1, 0.15) is 11.5 Å². The summed E-state index contributed by atoms with van der Waals surface area (Å²) >= 11 is 5.91. The first-order valence-electron chi connectivity index (χ1n) is 6.77. The molecule has 0 amide bonds. The van der Waals surface area contributed by atoms with Crippen LogP contribution in [-0.2, 0) is 9.47 Å². The molecule has 110 valence electrons. The maximum absolute atomic E-state index is 10.7. The molecule has 0 unspecified atom stereocenters. The molecule has 0 saturated heterocycles. The number of rotatable bonds is 5. The van der Waals surface area contributed by atoms with Crippen molar-refractivity contribution in [3.05, 3.63) is 47.0 Å². The molecular weight excluding hydrogens is 276 g/mol. The van der Waals surface area contributed by atoms with Crippen molar-refractivity contribution in [3.63, 3.8) is 0 Å². The largest absolute Gasteiger partial charge is 0.392 e. The van der Waals surface area contributed by atoms with Gasteiger partial charge in [0.25, 0.3) is 0 Å². The Morgan fingerprint density at radius 1 is 1.05 bits per heavy atom. The second kappa shape index (κ2) is 7.23. The van der Waals surface area contributed by atoms with Crippen molar-refractivity contribution >= 4 is 11.6 Å². The van der Waals surface area contributed by atoms with Crippen molar-refractivity contribution in [2.45, 2.75) is 12.0 Å². The number of aliphatic hydroxyl groups is 1. The third-order valence-electron chi connectivity index (χ3n) is 3.90. The maximum Gasteiger partial charge on any atom is 0.0699 e. The van der Waals surface area contributed by atoms with E-state index in [1.807, 2.05) is 24.3 Å². The van der Waals surface area contributed by atoms with Gasteiger partial charge in [-0.2, -0.15) is 0 Å². The van der Waals surface area contributed by atoms with Gasteiger partial charge in [-0.05, 0) is 17.7 Å². The molecule has 1 aliphatic carbocycles.